The second-order valence-corrected chi connectivity index (χ2v) is 8.00. The molecule has 30 heavy (non-hydrogen) atoms. The SMILES string of the molecule is O=[N+]([O-])c1cc2c(c(C[NH+]3CC[NH+](Cc4ccc5c(c4)OCO5)CC3)c1)OCOC2. The minimum Gasteiger partial charge on any atom is -0.467 e. The molecule has 0 aliphatic carbocycles. The smallest absolute Gasteiger partial charge is 0.270 e. The zero-order valence-corrected chi connectivity index (χ0v) is 16.6. The van der Waals surface area contributed by atoms with Crippen LogP contribution in [0.5, 0.6) is 17.2 Å². The summed E-state index contributed by atoms with van der Waals surface area (Å²) in [5.74, 6) is 2.40. The van der Waals surface area contributed by atoms with Gasteiger partial charge in [-0.05, 0) is 18.2 Å². The molecule has 9 nitrogen and oxygen atoms in total. The van der Waals surface area contributed by atoms with E-state index >= 15 is 0 Å². The zero-order chi connectivity index (χ0) is 20.5. The van der Waals surface area contributed by atoms with Crippen LogP contribution in [0, 0.1) is 10.1 Å². The van der Waals surface area contributed by atoms with Gasteiger partial charge in [-0.25, -0.2) is 0 Å². The minimum atomic E-state index is -0.346. The van der Waals surface area contributed by atoms with Crippen LogP contribution in [-0.2, 0) is 24.4 Å². The number of rotatable bonds is 5. The van der Waals surface area contributed by atoms with E-state index in [1.165, 1.54) is 15.4 Å². The Morgan fingerprint density at radius 1 is 0.900 bits per heavy atom. The molecule has 3 heterocycles. The quantitative estimate of drug-likeness (QED) is 0.514. The Labute approximate surface area is 173 Å². The van der Waals surface area contributed by atoms with Crippen molar-refractivity contribution >= 4 is 5.69 Å². The molecule has 2 aromatic carbocycles. The molecule has 1 fully saturated rings. The highest BCUT2D eigenvalue weighted by atomic mass is 16.7. The maximum Gasteiger partial charge on any atom is 0.270 e. The molecule has 0 spiro atoms. The van der Waals surface area contributed by atoms with Gasteiger partial charge in [-0.2, -0.15) is 0 Å². The lowest BCUT2D eigenvalue weighted by atomic mass is 10.1. The van der Waals surface area contributed by atoms with E-state index in [0.29, 0.717) is 13.4 Å². The van der Waals surface area contributed by atoms with Crippen LogP contribution < -0.4 is 24.0 Å². The third-order valence-corrected chi connectivity index (χ3v) is 5.98. The van der Waals surface area contributed by atoms with Crippen molar-refractivity contribution < 1.29 is 33.7 Å². The molecule has 9 heteroatoms. The summed E-state index contributed by atoms with van der Waals surface area (Å²) < 4.78 is 21.8. The summed E-state index contributed by atoms with van der Waals surface area (Å²) in [7, 11) is 0. The summed E-state index contributed by atoms with van der Waals surface area (Å²) in [6.07, 6.45) is 0. The van der Waals surface area contributed by atoms with Crippen molar-refractivity contribution in [2.75, 3.05) is 39.8 Å². The Kier molecular flexibility index (Phi) is 5.16. The molecule has 0 atom stereocenters. The van der Waals surface area contributed by atoms with Crippen molar-refractivity contribution in [1.82, 2.24) is 0 Å². The zero-order valence-electron chi connectivity index (χ0n) is 16.6. The number of fused-ring (bicyclic) bond motifs is 2. The standard InChI is InChI=1S/C21H23N3O6/c25-24(26)18-8-16(21-17(9-18)12-27-13-30-21)11-23-5-3-22(4-6-23)10-15-1-2-19-20(7-15)29-14-28-19/h1-2,7-9H,3-6,10-14H2/p+2. The molecule has 158 valence electrons. The summed E-state index contributed by atoms with van der Waals surface area (Å²) in [6.45, 7) is 6.63. The van der Waals surface area contributed by atoms with E-state index in [9.17, 15) is 10.1 Å². The first-order valence-electron chi connectivity index (χ1n) is 10.2. The van der Waals surface area contributed by atoms with Gasteiger partial charge in [0.15, 0.2) is 18.3 Å². The molecule has 5 rings (SSSR count). The van der Waals surface area contributed by atoms with Crippen molar-refractivity contribution in [2.45, 2.75) is 19.7 Å². The molecule has 2 aromatic rings. The molecule has 2 N–H and O–H groups in total. The third kappa shape index (κ3) is 3.91. The summed E-state index contributed by atoms with van der Waals surface area (Å²) >= 11 is 0. The Morgan fingerprint density at radius 2 is 1.67 bits per heavy atom. The fourth-order valence-corrected chi connectivity index (χ4v) is 4.44. The van der Waals surface area contributed by atoms with E-state index < -0.39 is 0 Å². The average molecular weight is 415 g/mol. The number of ether oxygens (including phenoxy) is 4. The molecule has 0 bridgehead atoms. The summed E-state index contributed by atoms with van der Waals surface area (Å²) in [5.41, 5.74) is 3.01. The van der Waals surface area contributed by atoms with Crippen LogP contribution in [0.25, 0.3) is 0 Å². The van der Waals surface area contributed by atoms with Gasteiger partial charge in [0.2, 0.25) is 6.79 Å². The Bertz CT molecular complexity index is 958. The summed E-state index contributed by atoms with van der Waals surface area (Å²) in [5, 5.41) is 11.3. The van der Waals surface area contributed by atoms with Crippen LogP contribution >= 0.6 is 0 Å². The van der Waals surface area contributed by atoms with Crippen molar-refractivity contribution in [1.29, 1.82) is 0 Å². The molecule has 0 unspecified atom stereocenters. The number of hydrogen-bond donors (Lipinski definition) is 2. The normalized spacial score (nSPS) is 22.3. The summed E-state index contributed by atoms with van der Waals surface area (Å²) in [4.78, 5) is 13.9. The molecule has 3 aliphatic heterocycles. The fraction of sp³-hybridized carbons (Fsp3) is 0.429. The Hall–Kier alpha value is -2.88. The highest BCUT2D eigenvalue weighted by Crippen LogP contribution is 2.33. The topological polar surface area (TPSA) is 88.9 Å². The van der Waals surface area contributed by atoms with Crippen molar-refractivity contribution in [3.63, 3.8) is 0 Å². The van der Waals surface area contributed by atoms with Gasteiger partial charge in [0.1, 0.15) is 45.0 Å². The van der Waals surface area contributed by atoms with E-state index in [1.54, 1.807) is 12.1 Å². The van der Waals surface area contributed by atoms with Gasteiger partial charge in [-0.1, -0.05) is 0 Å². The van der Waals surface area contributed by atoms with Crippen LogP contribution in [-0.4, -0.2) is 44.7 Å². The molecule has 0 amide bonds. The van der Waals surface area contributed by atoms with E-state index in [2.05, 4.69) is 12.1 Å². The maximum atomic E-state index is 11.3. The lowest BCUT2D eigenvalue weighted by molar-refractivity contribution is -1.02. The molecular formula is C21H25N3O6+2. The highest BCUT2D eigenvalue weighted by molar-refractivity contribution is 5.50. The second kappa shape index (κ2) is 8.10. The first kappa shape index (κ1) is 19.1. The number of nitro benzene ring substituents is 1. The number of piperazine rings is 1. The van der Waals surface area contributed by atoms with Gasteiger partial charge >= 0.3 is 0 Å². The van der Waals surface area contributed by atoms with Crippen LogP contribution in [0.3, 0.4) is 0 Å². The minimum absolute atomic E-state index is 0.101. The lowest BCUT2D eigenvalue weighted by Gasteiger charge is -2.30. The lowest BCUT2D eigenvalue weighted by Crippen LogP contribution is -3.27. The van der Waals surface area contributed by atoms with Crippen molar-refractivity contribution in [3.05, 3.63) is 57.1 Å². The summed E-state index contributed by atoms with van der Waals surface area (Å²) in [6, 6.07) is 9.37. The van der Waals surface area contributed by atoms with E-state index in [1.807, 2.05) is 6.07 Å². The van der Waals surface area contributed by atoms with E-state index in [-0.39, 0.29) is 17.4 Å². The first-order valence-corrected chi connectivity index (χ1v) is 10.2. The van der Waals surface area contributed by atoms with Gasteiger partial charge < -0.3 is 28.7 Å². The van der Waals surface area contributed by atoms with Gasteiger partial charge in [0, 0.05) is 23.3 Å². The number of benzene rings is 2. The number of nitrogens with zero attached hydrogens (tertiary/aromatic N) is 1. The molecular weight excluding hydrogens is 390 g/mol. The van der Waals surface area contributed by atoms with Crippen LogP contribution in [0.15, 0.2) is 30.3 Å². The van der Waals surface area contributed by atoms with E-state index in [0.717, 1.165) is 67.6 Å². The van der Waals surface area contributed by atoms with Crippen molar-refractivity contribution in [2.24, 2.45) is 0 Å². The number of quaternary nitrogens is 2. The van der Waals surface area contributed by atoms with Gasteiger partial charge in [-0.15, -0.1) is 0 Å². The largest absolute Gasteiger partial charge is 0.467 e. The van der Waals surface area contributed by atoms with Crippen LogP contribution in [0.2, 0.25) is 0 Å². The first-order chi connectivity index (χ1) is 14.7. The van der Waals surface area contributed by atoms with Gasteiger partial charge in [0.25, 0.3) is 5.69 Å². The maximum absolute atomic E-state index is 11.3. The van der Waals surface area contributed by atoms with Crippen LogP contribution in [0.4, 0.5) is 5.69 Å². The number of non-ortho nitro benzene ring substituents is 1. The molecule has 0 aromatic heterocycles. The van der Waals surface area contributed by atoms with E-state index in [4.69, 9.17) is 18.9 Å². The second-order valence-electron chi connectivity index (χ2n) is 8.00. The number of hydrogen-bond acceptors (Lipinski definition) is 6. The Balaban J connectivity index is 1.22. The number of nitro groups is 1. The number of nitrogens with one attached hydrogen (secondary N) is 2. The van der Waals surface area contributed by atoms with Gasteiger partial charge in [0.05, 0.1) is 17.1 Å². The average Bonchev–Trinajstić information content (AvgIpc) is 3.23. The predicted molar refractivity (Wildman–Crippen MR) is 105 cm³/mol. The predicted octanol–water partition coefficient (Wildman–Crippen LogP) is -0.326. The Morgan fingerprint density at radius 3 is 2.47 bits per heavy atom. The molecule has 0 radical (unpaired) electrons. The molecule has 0 saturated carbocycles. The van der Waals surface area contributed by atoms with Crippen LogP contribution in [0.1, 0.15) is 16.7 Å². The third-order valence-electron chi connectivity index (χ3n) is 5.98. The monoisotopic (exact) mass is 415 g/mol. The molecule has 1 saturated heterocycles. The van der Waals surface area contributed by atoms with Crippen molar-refractivity contribution in [3.8, 4) is 17.2 Å². The van der Waals surface area contributed by atoms with Gasteiger partial charge in [-0.3, -0.25) is 10.1 Å². The highest BCUT2D eigenvalue weighted by Gasteiger charge is 2.28. The fourth-order valence-electron chi connectivity index (χ4n) is 4.44. The molecule has 3 aliphatic rings.